The summed E-state index contributed by atoms with van der Waals surface area (Å²) in [5.41, 5.74) is 0.941. The van der Waals surface area contributed by atoms with Gasteiger partial charge in [-0.3, -0.25) is 4.79 Å². The molecular weight excluding hydrogens is 282 g/mol. The van der Waals surface area contributed by atoms with Gasteiger partial charge in [0.25, 0.3) is 0 Å². The zero-order valence-electron chi connectivity index (χ0n) is 12.6. The lowest BCUT2D eigenvalue weighted by atomic mass is 9.96. The quantitative estimate of drug-likeness (QED) is 0.869. The van der Waals surface area contributed by atoms with E-state index in [4.69, 9.17) is 5.11 Å². The Morgan fingerprint density at radius 3 is 3.10 bits per heavy atom. The average Bonchev–Trinajstić information content (AvgIpc) is 2.85. The number of thiophene rings is 1. The number of carbonyl (C=O) groups excluding carboxylic acids is 1. The number of hydrogen-bond acceptors (Lipinski definition) is 3. The van der Waals surface area contributed by atoms with Gasteiger partial charge in [-0.15, -0.1) is 11.3 Å². The number of hydrogen-bond donors (Lipinski definition) is 1. The van der Waals surface area contributed by atoms with Crippen molar-refractivity contribution in [3.8, 4) is 11.8 Å². The SMILES string of the molecule is CCCC1CCC(=O)N(Cc2sccc2C#CCO)CC1. The summed E-state index contributed by atoms with van der Waals surface area (Å²) in [4.78, 5) is 15.4. The van der Waals surface area contributed by atoms with E-state index in [1.165, 1.54) is 12.8 Å². The minimum atomic E-state index is -0.128. The Bertz CT molecular complexity index is 526. The summed E-state index contributed by atoms with van der Waals surface area (Å²) in [7, 11) is 0. The normalized spacial score (nSPS) is 19.0. The van der Waals surface area contributed by atoms with Crippen molar-refractivity contribution in [3.05, 3.63) is 21.9 Å². The maximum atomic E-state index is 12.3. The maximum absolute atomic E-state index is 12.3. The second-order valence-electron chi connectivity index (χ2n) is 5.51. The maximum Gasteiger partial charge on any atom is 0.222 e. The molecular formula is C17H23NO2S. The summed E-state index contributed by atoms with van der Waals surface area (Å²) in [5.74, 6) is 6.61. The third-order valence-corrected chi connectivity index (χ3v) is 4.91. The third kappa shape index (κ3) is 4.59. The number of aliphatic hydroxyl groups excluding tert-OH is 1. The number of carbonyl (C=O) groups is 1. The fourth-order valence-corrected chi connectivity index (χ4v) is 3.68. The highest BCUT2D eigenvalue weighted by atomic mass is 32.1. The molecule has 3 nitrogen and oxygen atoms in total. The predicted octanol–water partition coefficient (Wildman–Crippen LogP) is 3.02. The Labute approximate surface area is 131 Å². The van der Waals surface area contributed by atoms with Crippen LogP contribution in [0.5, 0.6) is 0 Å². The highest BCUT2D eigenvalue weighted by Gasteiger charge is 2.22. The van der Waals surface area contributed by atoms with E-state index in [2.05, 4.69) is 18.8 Å². The Morgan fingerprint density at radius 2 is 2.33 bits per heavy atom. The monoisotopic (exact) mass is 305 g/mol. The van der Waals surface area contributed by atoms with Crippen LogP contribution in [0.3, 0.4) is 0 Å². The molecule has 0 aromatic carbocycles. The lowest BCUT2D eigenvalue weighted by molar-refractivity contribution is -0.131. The molecule has 0 bridgehead atoms. The van der Waals surface area contributed by atoms with Gasteiger partial charge in [-0.25, -0.2) is 0 Å². The van der Waals surface area contributed by atoms with Gasteiger partial charge in [0.2, 0.25) is 5.91 Å². The summed E-state index contributed by atoms with van der Waals surface area (Å²) in [6.45, 7) is 3.60. The predicted molar refractivity (Wildman–Crippen MR) is 85.9 cm³/mol. The second kappa shape index (κ2) is 8.21. The van der Waals surface area contributed by atoms with Crippen LogP contribution in [0.4, 0.5) is 0 Å². The molecule has 0 spiro atoms. The standard InChI is InChI=1S/C17H23NO2S/c1-2-4-14-6-7-17(20)18(10-8-14)13-16-15(5-3-11-19)9-12-21-16/h9,12,14,19H,2,4,6-8,10-11,13H2,1H3. The largest absolute Gasteiger partial charge is 0.384 e. The third-order valence-electron chi connectivity index (χ3n) is 4.01. The molecule has 1 N–H and O–H groups in total. The van der Waals surface area contributed by atoms with Crippen molar-refractivity contribution in [2.75, 3.05) is 13.2 Å². The first kappa shape index (κ1) is 16.1. The average molecular weight is 305 g/mol. The van der Waals surface area contributed by atoms with Crippen LogP contribution in [-0.4, -0.2) is 29.1 Å². The van der Waals surface area contributed by atoms with Crippen LogP contribution in [0, 0.1) is 17.8 Å². The van der Waals surface area contributed by atoms with Gasteiger partial charge in [-0.05, 0) is 30.2 Å². The summed E-state index contributed by atoms with van der Waals surface area (Å²) < 4.78 is 0. The topological polar surface area (TPSA) is 40.5 Å². The number of nitrogens with zero attached hydrogens (tertiary/aromatic N) is 1. The summed E-state index contributed by atoms with van der Waals surface area (Å²) in [5, 5.41) is 10.8. The number of amides is 1. The van der Waals surface area contributed by atoms with Crippen molar-refractivity contribution in [2.24, 2.45) is 5.92 Å². The van der Waals surface area contributed by atoms with Gasteiger partial charge in [-0.1, -0.05) is 31.6 Å². The minimum Gasteiger partial charge on any atom is -0.384 e. The molecule has 0 radical (unpaired) electrons. The van der Waals surface area contributed by atoms with Crippen molar-refractivity contribution in [3.63, 3.8) is 0 Å². The van der Waals surface area contributed by atoms with E-state index in [9.17, 15) is 4.79 Å². The molecule has 1 aliphatic rings. The molecule has 2 rings (SSSR count). The van der Waals surface area contributed by atoms with Crippen molar-refractivity contribution >= 4 is 17.2 Å². The molecule has 1 unspecified atom stereocenters. The molecule has 114 valence electrons. The number of likely N-dealkylation sites (tertiary alicyclic amines) is 1. The minimum absolute atomic E-state index is 0.128. The number of aliphatic hydroxyl groups is 1. The van der Waals surface area contributed by atoms with Crippen LogP contribution in [0.1, 0.15) is 49.5 Å². The number of rotatable bonds is 4. The van der Waals surface area contributed by atoms with Gasteiger partial charge in [0.15, 0.2) is 0 Å². The summed E-state index contributed by atoms with van der Waals surface area (Å²) in [6.07, 6.45) is 5.25. The smallest absolute Gasteiger partial charge is 0.222 e. The first-order chi connectivity index (χ1) is 10.2. The van der Waals surface area contributed by atoms with E-state index in [0.717, 1.165) is 29.8 Å². The zero-order chi connectivity index (χ0) is 15.1. The molecule has 1 aromatic rings. The van der Waals surface area contributed by atoms with Crippen molar-refractivity contribution in [1.82, 2.24) is 4.90 Å². The second-order valence-corrected chi connectivity index (χ2v) is 6.52. The van der Waals surface area contributed by atoms with E-state index >= 15 is 0 Å². The Hall–Kier alpha value is -1.31. The van der Waals surface area contributed by atoms with Crippen molar-refractivity contribution in [2.45, 2.75) is 45.6 Å². The van der Waals surface area contributed by atoms with Gasteiger partial charge in [0.1, 0.15) is 6.61 Å². The van der Waals surface area contributed by atoms with Gasteiger partial charge in [-0.2, -0.15) is 0 Å². The zero-order valence-corrected chi connectivity index (χ0v) is 13.4. The highest BCUT2D eigenvalue weighted by molar-refractivity contribution is 7.10. The molecule has 1 atom stereocenters. The van der Waals surface area contributed by atoms with E-state index in [1.807, 2.05) is 16.3 Å². The molecule has 1 aromatic heterocycles. The van der Waals surface area contributed by atoms with Crippen molar-refractivity contribution < 1.29 is 9.90 Å². The van der Waals surface area contributed by atoms with Crippen molar-refractivity contribution in [1.29, 1.82) is 0 Å². The molecule has 1 fully saturated rings. The summed E-state index contributed by atoms with van der Waals surface area (Å²) in [6, 6.07) is 1.96. The molecule has 2 heterocycles. The van der Waals surface area contributed by atoms with E-state index in [-0.39, 0.29) is 12.5 Å². The van der Waals surface area contributed by atoms with Crippen LogP contribution in [0.25, 0.3) is 0 Å². The molecule has 1 saturated heterocycles. The van der Waals surface area contributed by atoms with Crippen LogP contribution in [0.15, 0.2) is 11.4 Å². The molecule has 21 heavy (non-hydrogen) atoms. The lowest BCUT2D eigenvalue weighted by Crippen LogP contribution is -2.29. The fourth-order valence-electron chi connectivity index (χ4n) is 2.84. The summed E-state index contributed by atoms with van der Waals surface area (Å²) >= 11 is 1.64. The van der Waals surface area contributed by atoms with Crippen LogP contribution < -0.4 is 0 Å². The highest BCUT2D eigenvalue weighted by Crippen LogP contribution is 2.25. The van der Waals surface area contributed by atoms with Crippen LogP contribution >= 0.6 is 11.3 Å². The van der Waals surface area contributed by atoms with E-state index < -0.39 is 0 Å². The molecule has 0 saturated carbocycles. The Kier molecular flexibility index (Phi) is 6.28. The van der Waals surface area contributed by atoms with Crippen LogP contribution in [-0.2, 0) is 11.3 Å². The fraction of sp³-hybridized carbons (Fsp3) is 0.588. The van der Waals surface area contributed by atoms with Crippen LogP contribution in [0.2, 0.25) is 0 Å². The lowest BCUT2D eigenvalue weighted by Gasteiger charge is -2.20. The molecule has 0 aliphatic carbocycles. The first-order valence-corrected chi connectivity index (χ1v) is 8.56. The van der Waals surface area contributed by atoms with Gasteiger partial charge in [0.05, 0.1) is 6.54 Å². The molecule has 1 aliphatic heterocycles. The Balaban J connectivity index is 2.01. The van der Waals surface area contributed by atoms with Gasteiger partial charge in [0, 0.05) is 23.4 Å². The molecule has 1 amide bonds. The molecule has 4 heteroatoms. The first-order valence-electron chi connectivity index (χ1n) is 7.68. The van der Waals surface area contributed by atoms with Gasteiger partial charge < -0.3 is 10.0 Å². The van der Waals surface area contributed by atoms with Gasteiger partial charge >= 0.3 is 0 Å². The Morgan fingerprint density at radius 1 is 1.48 bits per heavy atom. The van der Waals surface area contributed by atoms with E-state index in [0.29, 0.717) is 18.9 Å². The van der Waals surface area contributed by atoms with E-state index in [1.54, 1.807) is 11.3 Å².